The third-order valence-electron chi connectivity index (χ3n) is 5.90. The maximum absolute atomic E-state index is 14.1. The fourth-order valence-electron chi connectivity index (χ4n) is 4.03. The Morgan fingerprint density at radius 1 is 1.06 bits per heavy atom. The second-order valence-corrected chi connectivity index (χ2v) is 7.73. The van der Waals surface area contributed by atoms with Gasteiger partial charge in [-0.25, -0.2) is 4.79 Å². The average molecular weight is 476 g/mol. The topological polar surface area (TPSA) is 72.4 Å². The Kier molecular flexibility index (Phi) is 7.57. The first kappa shape index (κ1) is 25.2. The minimum absolute atomic E-state index is 0.0796. The summed E-state index contributed by atoms with van der Waals surface area (Å²) in [6.45, 7) is 5.96. The zero-order valence-electron chi connectivity index (χ0n) is 19.6. The van der Waals surface area contributed by atoms with E-state index in [9.17, 15) is 23.2 Å². The summed E-state index contributed by atoms with van der Waals surface area (Å²) >= 11 is 0. The van der Waals surface area contributed by atoms with Crippen molar-refractivity contribution in [3.05, 3.63) is 57.5 Å². The highest BCUT2D eigenvalue weighted by molar-refractivity contribution is 5.82. The number of likely N-dealkylation sites (N-methyl/N-ethyl adjacent to an activating group) is 1. The SMILES string of the molecule is CCN(CC)CCn1c(=O)n(Cc2ccc(OC)cc2OC)c2c(C(F)(F)F)cc(C#N)cc21. The zero-order valence-corrected chi connectivity index (χ0v) is 19.6. The van der Waals surface area contributed by atoms with Crippen LogP contribution in [0.3, 0.4) is 0 Å². The highest BCUT2D eigenvalue weighted by atomic mass is 19.4. The molecule has 3 aromatic rings. The average Bonchev–Trinajstić information content (AvgIpc) is 3.09. The number of nitriles is 1. The third kappa shape index (κ3) is 4.89. The van der Waals surface area contributed by atoms with Crippen molar-refractivity contribution < 1.29 is 22.6 Å². The quantitative estimate of drug-likeness (QED) is 0.465. The van der Waals surface area contributed by atoms with Crippen LogP contribution in [0, 0.1) is 11.3 Å². The largest absolute Gasteiger partial charge is 0.497 e. The van der Waals surface area contributed by atoms with Crippen molar-refractivity contribution >= 4 is 11.0 Å². The molecule has 0 aliphatic carbocycles. The summed E-state index contributed by atoms with van der Waals surface area (Å²) in [6.07, 6.45) is -4.76. The first-order valence-corrected chi connectivity index (χ1v) is 10.9. The van der Waals surface area contributed by atoms with E-state index in [0.29, 0.717) is 23.6 Å². The minimum atomic E-state index is -4.76. The number of hydrogen-bond acceptors (Lipinski definition) is 5. The van der Waals surface area contributed by atoms with Crippen LogP contribution in [-0.2, 0) is 19.3 Å². The number of fused-ring (bicyclic) bond motifs is 1. The molecule has 0 unspecified atom stereocenters. The van der Waals surface area contributed by atoms with Crippen molar-refractivity contribution in [3.8, 4) is 17.6 Å². The number of imidazole rings is 1. The van der Waals surface area contributed by atoms with Gasteiger partial charge in [-0.1, -0.05) is 13.8 Å². The van der Waals surface area contributed by atoms with Crippen LogP contribution < -0.4 is 15.2 Å². The monoisotopic (exact) mass is 476 g/mol. The molecule has 182 valence electrons. The van der Waals surface area contributed by atoms with Gasteiger partial charge in [-0.05, 0) is 37.4 Å². The predicted octanol–water partition coefficient (Wildman–Crippen LogP) is 4.10. The smallest absolute Gasteiger partial charge is 0.418 e. The van der Waals surface area contributed by atoms with Crippen LogP contribution in [0.5, 0.6) is 11.5 Å². The van der Waals surface area contributed by atoms with Gasteiger partial charge >= 0.3 is 11.9 Å². The number of nitrogens with zero attached hydrogens (tertiary/aromatic N) is 4. The van der Waals surface area contributed by atoms with Gasteiger partial charge in [0.25, 0.3) is 0 Å². The number of alkyl halides is 3. The maximum atomic E-state index is 14.1. The molecule has 34 heavy (non-hydrogen) atoms. The molecule has 0 aliphatic rings. The predicted molar refractivity (Wildman–Crippen MR) is 122 cm³/mol. The summed E-state index contributed by atoms with van der Waals surface area (Å²) in [6, 6.07) is 8.84. The molecular formula is C24H27F3N4O3. The summed E-state index contributed by atoms with van der Waals surface area (Å²) in [5.74, 6) is 0.904. The van der Waals surface area contributed by atoms with Gasteiger partial charge < -0.3 is 14.4 Å². The van der Waals surface area contributed by atoms with E-state index in [4.69, 9.17) is 9.47 Å². The molecular weight excluding hydrogens is 449 g/mol. The van der Waals surface area contributed by atoms with Crippen molar-refractivity contribution in [2.24, 2.45) is 0 Å². The van der Waals surface area contributed by atoms with Gasteiger partial charge in [0.1, 0.15) is 11.5 Å². The number of halogens is 3. The lowest BCUT2D eigenvalue weighted by Crippen LogP contribution is -2.32. The van der Waals surface area contributed by atoms with Crippen LogP contribution in [0.15, 0.2) is 35.1 Å². The third-order valence-corrected chi connectivity index (χ3v) is 5.90. The van der Waals surface area contributed by atoms with Gasteiger partial charge in [-0.2, -0.15) is 18.4 Å². The summed E-state index contributed by atoms with van der Waals surface area (Å²) in [5, 5.41) is 9.35. The summed E-state index contributed by atoms with van der Waals surface area (Å²) in [5.41, 5.74) is -1.42. The van der Waals surface area contributed by atoms with Crippen molar-refractivity contribution in [1.82, 2.24) is 14.0 Å². The highest BCUT2D eigenvalue weighted by Crippen LogP contribution is 2.36. The zero-order chi connectivity index (χ0) is 25.0. The standard InChI is InChI=1S/C24H27F3N4O3/c1-5-29(6-2)9-10-30-20-12-16(14-28)11-19(24(25,26)27)22(20)31(23(30)32)15-17-7-8-18(33-3)13-21(17)34-4/h7-8,11-13H,5-6,9-10,15H2,1-4H3. The van der Waals surface area contributed by atoms with Gasteiger partial charge in [-0.3, -0.25) is 9.13 Å². The normalized spacial score (nSPS) is 11.7. The van der Waals surface area contributed by atoms with Gasteiger partial charge in [0.15, 0.2) is 0 Å². The summed E-state index contributed by atoms with van der Waals surface area (Å²) in [7, 11) is 2.93. The van der Waals surface area contributed by atoms with Crippen LogP contribution in [0.25, 0.3) is 11.0 Å². The van der Waals surface area contributed by atoms with Gasteiger partial charge in [-0.15, -0.1) is 0 Å². The van der Waals surface area contributed by atoms with E-state index >= 15 is 0 Å². The molecule has 3 rings (SSSR count). The lowest BCUT2D eigenvalue weighted by atomic mass is 10.1. The summed E-state index contributed by atoms with van der Waals surface area (Å²) in [4.78, 5) is 15.5. The van der Waals surface area contributed by atoms with Gasteiger partial charge in [0.05, 0.1) is 49.0 Å². The van der Waals surface area contributed by atoms with E-state index in [-0.39, 0.29) is 29.7 Å². The first-order valence-electron chi connectivity index (χ1n) is 10.9. The number of hydrogen-bond donors (Lipinski definition) is 0. The van der Waals surface area contributed by atoms with Crippen molar-refractivity contribution in [2.45, 2.75) is 33.1 Å². The molecule has 0 fully saturated rings. The molecule has 0 atom stereocenters. The van der Waals surface area contributed by atoms with Gasteiger partial charge in [0, 0.05) is 24.7 Å². The fourth-order valence-corrected chi connectivity index (χ4v) is 4.03. The van der Waals surface area contributed by atoms with Crippen LogP contribution in [0.4, 0.5) is 13.2 Å². The Labute approximate surface area is 195 Å². The van der Waals surface area contributed by atoms with Crippen LogP contribution in [0.2, 0.25) is 0 Å². The number of benzene rings is 2. The Morgan fingerprint density at radius 2 is 1.76 bits per heavy atom. The second kappa shape index (κ2) is 10.2. The van der Waals surface area contributed by atoms with Crippen molar-refractivity contribution in [3.63, 3.8) is 0 Å². The molecule has 10 heteroatoms. The molecule has 2 aromatic carbocycles. The molecule has 0 bridgehead atoms. The first-order chi connectivity index (χ1) is 16.2. The molecule has 0 radical (unpaired) electrons. The molecule has 0 aliphatic heterocycles. The Balaban J connectivity index is 2.27. The summed E-state index contributed by atoms with van der Waals surface area (Å²) < 4.78 is 55.2. The molecule has 0 amide bonds. The van der Waals surface area contributed by atoms with E-state index in [1.54, 1.807) is 24.3 Å². The Morgan fingerprint density at radius 3 is 2.32 bits per heavy atom. The van der Waals surface area contributed by atoms with E-state index in [1.807, 2.05) is 13.8 Å². The number of rotatable bonds is 9. The maximum Gasteiger partial charge on any atom is 0.418 e. The lowest BCUT2D eigenvalue weighted by molar-refractivity contribution is -0.136. The number of ether oxygens (including phenoxy) is 2. The minimum Gasteiger partial charge on any atom is -0.497 e. The Hall–Kier alpha value is -3.45. The van der Waals surface area contributed by atoms with Crippen LogP contribution in [-0.4, -0.2) is 47.9 Å². The van der Waals surface area contributed by atoms with E-state index in [2.05, 4.69) is 4.90 Å². The molecule has 0 saturated carbocycles. The molecule has 0 spiro atoms. The van der Waals surface area contributed by atoms with Crippen molar-refractivity contribution in [2.75, 3.05) is 33.9 Å². The number of methoxy groups -OCH3 is 2. The molecule has 7 nitrogen and oxygen atoms in total. The highest BCUT2D eigenvalue weighted by Gasteiger charge is 2.36. The molecule has 1 heterocycles. The van der Waals surface area contributed by atoms with E-state index in [1.165, 1.54) is 24.9 Å². The number of aromatic nitrogens is 2. The Bertz CT molecular complexity index is 1270. The second-order valence-electron chi connectivity index (χ2n) is 7.73. The van der Waals surface area contributed by atoms with E-state index < -0.39 is 17.4 Å². The fraction of sp³-hybridized carbons (Fsp3) is 0.417. The molecule has 1 aromatic heterocycles. The molecule has 0 N–H and O–H groups in total. The lowest BCUT2D eigenvalue weighted by Gasteiger charge is -2.18. The van der Waals surface area contributed by atoms with E-state index in [0.717, 1.165) is 23.7 Å². The molecule has 0 saturated heterocycles. The van der Waals surface area contributed by atoms with Crippen molar-refractivity contribution in [1.29, 1.82) is 5.26 Å². The van der Waals surface area contributed by atoms with Crippen LogP contribution >= 0.6 is 0 Å². The van der Waals surface area contributed by atoms with Crippen LogP contribution in [0.1, 0.15) is 30.5 Å². The van der Waals surface area contributed by atoms with Gasteiger partial charge in [0.2, 0.25) is 0 Å².